The molecule has 0 bridgehead atoms. The standard InChI is InChI=1S/C15H20ClN3/c1-10(9-17-4)15-11(2)18-19(12(15)3)14-8-6-5-7-13(14)16/h5-8,10,17H,9H2,1-4H3. The van der Waals surface area contributed by atoms with Crippen LogP contribution in [0.1, 0.15) is 29.8 Å². The van der Waals surface area contributed by atoms with Crippen LogP contribution in [0.4, 0.5) is 0 Å². The predicted molar refractivity (Wildman–Crippen MR) is 80.4 cm³/mol. The number of nitrogens with one attached hydrogen (secondary N) is 1. The Kier molecular flexibility index (Phi) is 4.27. The highest BCUT2D eigenvalue weighted by molar-refractivity contribution is 6.32. The van der Waals surface area contributed by atoms with E-state index in [4.69, 9.17) is 11.6 Å². The number of nitrogens with zero attached hydrogens (tertiary/aromatic N) is 2. The lowest BCUT2D eigenvalue weighted by Gasteiger charge is -2.12. The van der Waals surface area contributed by atoms with Crippen LogP contribution in [0, 0.1) is 13.8 Å². The number of hydrogen-bond acceptors (Lipinski definition) is 2. The number of likely N-dealkylation sites (N-methyl/N-ethyl adjacent to an activating group) is 1. The molecule has 4 heteroatoms. The first-order valence-corrected chi connectivity index (χ1v) is 6.89. The van der Waals surface area contributed by atoms with Crippen molar-refractivity contribution < 1.29 is 0 Å². The lowest BCUT2D eigenvalue weighted by Crippen LogP contribution is -2.15. The smallest absolute Gasteiger partial charge is 0.0835 e. The minimum absolute atomic E-state index is 0.432. The molecule has 0 amide bonds. The second-order valence-electron chi connectivity index (χ2n) is 4.91. The quantitative estimate of drug-likeness (QED) is 0.927. The summed E-state index contributed by atoms with van der Waals surface area (Å²) in [7, 11) is 1.97. The Bertz CT molecular complexity index is 575. The summed E-state index contributed by atoms with van der Waals surface area (Å²) >= 11 is 6.26. The van der Waals surface area contributed by atoms with Gasteiger partial charge >= 0.3 is 0 Å². The van der Waals surface area contributed by atoms with Gasteiger partial charge in [-0.05, 0) is 38.9 Å². The van der Waals surface area contributed by atoms with Gasteiger partial charge in [-0.25, -0.2) is 4.68 Å². The average Bonchev–Trinajstić information content (AvgIpc) is 2.66. The van der Waals surface area contributed by atoms with Crippen molar-refractivity contribution in [2.24, 2.45) is 0 Å². The number of rotatable bonds is 4. The molecule has 0 fully saturated rings. The van der Waals surface area contributed by atoms with Gasteiger partial charge in [-0.15, -0.1) is 0 Å². The zero-order valence-electron chi connectivity index (χ0n) is 11.9. The van der Waals surface area contributed by atoms with Gasteiger partial charge < -0.3 is 5.32 Å². The van der Waals surface area contributed by atoms with Gasteiger partial charge in [-0.3, -0.25) is 0 Å². The van der Waals surface area contributed by atoms with Crippen molar-refractivity contribution in [2.75, 3.05) is 13.6 Å². The molecule has 0 saturated carbocycles. The summed E-state index contributed by atoms with van der Waals surface area (Å²) < 4.78 is 1.94. The number of aromatic nitrogens is 2. The first-order valence-electron chi connectivity index (χ1n) is 6.51. The van der Waals surface area contributed by atoms with Crippen molar-refractivity contribution in [3.63, 3.8) is 0 Å². The fraction of sp³-hybridized carbons (Fsp3) is 0.400. The van der Waals surface area contributed by atoms with Gasteiger partial charge in [0, 0.05) is 17.8 Å². The Morgan fingerprint density at radius 2 is 2.00 bits per heavy atom. The van der Waals surface area contributed by atoms with Crippen LogP contribution < -0.4 is 5.32 Å². The summed E-state index contributed by atoms with van der Waals surface area (Å²) in [6.07, 6.45) is 0. The van der Waals surface area contributed by atoms with E-state index in [1.54, 1.807) is 0 Å². The van der Waals surface area contributed by atoms with Crippen molar-refractivity contribution in [1.29, 1.82) is 0 Å². The van der Waals surface area contributed by atoms with E-state index in [2.05, 4.69) is 31.2 Å². The second-order valence-corrected chi connectivity index (χ2v) is 5.31. The third-order valence-electron chi connectivity index (χ3n) is 3.43. The molecule has 2 rings (SSSR count). The fourth-order valence-electron chi connectivity index (χ4n) is 2.63. The van der Waals surface area contributed by atoms with Crippen molar-refractivity contribution in [3.05, 3.63) is 46.2 Å². The molecule has 1 N–H and O–H groups in total. The predicted octanol–water partition coefficient (Wildman–Crippen LogP) is 3.47. The molecule has 2 aromatic rings. The molecule has 102 valence electrons. The maximum absolute atomic E-state index is 6.26. The Hall–Kier alpha value is -1.32. The summed E-state index contributed by atoms with van der Waals surface area (Å²) in [5, 5.41) is 8.59. The fourth-order valence-corrected chi connectivity index (χ4v) is 2.85. The molecule has 0 spiro atoms. The number of halogens is 1. The number of hydrogen-bond donors (Lipinski definition) is 1. The molecule has 1 aromatic heterocycles. The summed E-state index contributed by atoms with van der Waals surface area (Å²) in [5.41, 5.74) is 4.47. The van der Waals surface area contributed by atoms with Gasteiger partial charge in [0.1, 0.15) is 0 Å². The molecule has 0 saturated heterocycles. The molecule has 3 nitrogen and oxygen atoms in total. The van der Waals surface area contributed by atoms with Crippen LogP contribution in [-0.2, 0) is 0 Å². The normalized spacial score (nSPS) is 12.7. The van der Waals surface area contributed by atoms with Gasteiger partial charge in [0.05, 0.1) is 16.4 Å². The van der Waals surface area contributed by atoms with Crippen LogP contribution in [-0.4, -0.2) is 23.4 Å². The average molecular weight is 278 g/mol. The third-order valence-corrected chi connectivity index (χ3v) is 3.75. The second kappa shape index (κ2) is 5.76. The lowest BCUT2D eigenvalue weighted by atomic mass is 9.99. The van der Waals surface area contributed by atoms with Crippen molar-refractivity contribution in [1.82, 2.24) is 15.1 Å². The van der Waals surface area contributed by atoms with E-state index in [0.717, 1.165) is 28.6 Å². The lowest BCUT2D eigenvalue weighted by molar-refractivity contribution is 0.670. The van der Waals surface area contributed by atoms with Crippen LogP contribution in [0.15, 0.2) is 24.3 Å². The van der Waals surface area contributed by atoms with Gasteiger partial charge in [0.15, 0.2) is 0 Å². The maximum atomic E-state index is 6.26. The van der Waals surface area contributed by atoms with Gasteiger partial charge in [0.2, 0.25) is 0 Å². The zero-order chi connectivity index (χ0) is 14.0. The molecule has 19 heavy (non-hydrogen) atoms. The minimum Gasteiger partial charge on any atom is -0.319 e. The molecular weight excluding hydrogens is 258 g/mol. The summed E-state index contributed by atoms with van der Waals surface area (Å²) in [6.45, 7) is 7.31. The highest BCUT2D eigenvalue weighted by atomic mass is 35.5. The molecule has 0 aliphatic carbocycles. The van der Waals surface area contributed by atoms with E-state index < -0.39 is 0 Å². The SMILES string of the molecule is CNCC(C)c1c(C)nn(-c2ccccc2Cl)c1C. The van der Waals surface area contributed by atoms with E-state index in [-0.39, 0.29) is 0 Å². The van der Waals surface area contributed by atoms with E-state index in [1.165, 1.54) is 5.56 Å². The molecule has 1 unspecified atom stereocenters. The number of aryl methyl sites for hydroxylation is 1. The molecular formula is C15H20ClN3. The molecule has 1 heterocycles. The third kappa shape index (κ3) is 2.67. The topological polar surface area (TPSA) is 29.9 Å². The highest BCUT2D eigenvalue weighted by Gasteiger charge is 2.18. The minimum atomic E-state index is 0.432. The summed E-state index contributed by atoms with van der Waals surface area (Å²) in [4.78, 5) is 0. The monoisotopic (exact) mass is 277 g/mol. The molecule has 0 aliphatic rings. The van der Waals surface area contributed by atoms with Crippen LogP contribution in [0.3, 0.4) is 0 Å². The van der Waals surface area contributed by atoms with E-state index in [1.807, 2.05) is 36.0 Å². The Balaban J connectivity index is 2.50. The van der Waals surface area contributed by atoms with E-state index >= 15 is 0 Å². The summed E-state index contributed by atoms with van der Waals surface area (Å²) in [6, 6.07) is 7.80. The van der Waals surface area contributed by atoms with Crippen molar-refractivity contribution >= 4 is 11.6 Å². The van der Waals surface area contributed by atoms with Gasteiger partial charge in [0.25, 0.3) is 0 Å². The Labute approximate surface area is 119 Å². The maximum Gasteiger partial charge on any atom is 0.0835 e. The Morgan fingerprint density at radius 1 is 1.32 bits per heavy atom. The van der Waals surface area contributed by atoms with Crippen LogP contribution >= 0.6 is 11.6 Å². The van der Waals surface area contributed by atoms with Crippen LogP contribution in [0.2, 0.25) is 5.02 Å². The first kappa shape index (κ1) is 14.1. The number of benzene rings is 1. The molecule has 0 radical (unpaired) electrons. The zero-order valence-corrected chi connectivity index (χ0v) is 12.6. The molecule has 1 atom stereocenters. The van der Waals surface area contributed by atoms with Crippen LogP contribution in [0.25, 0.3) is 5.69 Å². The van der Waals surface area contributed by atoms with Gasteiger partial charge in [-0.1, -0.05) is 30.7 Å². The molecule has 1 aromatic carbocycles. The first-order chi connectivity index (χ1) is 9.06. The highest BCUT2D eigenvalue weighted by Crippen LogP contribution is 2.27. The van der Waals surface area contributed by atoms with Gasteiger partial charge in [-0.2, -0.15) is 5.10 Å². The Morgan fingerprint density at radius 3 is 2.63 bits per heavy atom. The van der Waals surface area contributed by atoms with Crippen LogP contribution in [0.5, 0.6) is 0 Å². The van der Waals surface area contributed by atoms with E-state index in [9.17, 15) is 0 Å². The largest absolute Gasteiger partial charge is 0.319 e. The van der Waals surface area contributed by atoms with E-state index in [0.29, 0.717) is 5.92 Å². The number of para-hydroxylation sites is 1. The van der Waals surface area contributed by atoms with Crippen molar-refractivity contribution in [2.45, 2.75) is 26.7 Å². The van der Waals surface area contributed by atoms with Crippen molar-refractivity contribution in [3.8, 4) is 5.69 Å². The molecule has 0 aliphatic heterocycles. The summed E-state index contributed by atoms with van der Waals surface area (Å²) in [5.74, 6) is 0.432.